The van der Waals surface area contributed by atoms with Crippen LogP contribution in [-0.2, 0) is 6.54 Å². The minimum atomic E-state index is 0.350. The van der Waals surface area contributed by atoms with Gasteiger partial charge in [0.05, 0.1) is 10.7 Å². The lowest BCUT2D eigenvalue weighted by Crippen LogP contribution is -2.31. The Morgan fingerprint density at radius 1 is 1.47 bits per heavy atom. The molecule has 1 aromatic rings. The maximum atomic E-state index is 5.81. The highest BCUT2D eigenvalue weighted by Gasteiger charge is 2.17. The van der Waals surface area contributed by atoms with E-state index in [-0.39, 0.29) is 0 Å². The Kier molecular flexibility index (Phi) is 5.56. The molecule has 1 atom stereocenters. The second-order valence-electron chi connectivity index (χ2n) is 5.86. The van der Waals surface area contributed by atoms with Gasteiger partial charge in [0.15, 0.2) is 0 Å². The van der Waals surface area contributed by atoms with E-state index in [1.807, 2.05) is 6.92 Å². The second kappa shape index (κ2) is 6.47. The molecule has 0 bridgehead atoms. The van der Waals surface area contributed by atoms with Crippen LogP contribution >= 0.6 is 11.3 Å². The van der Waals surface area contributed by atoms with Crippen molar-refractivity contribution in [2.45, 2.75) is 40.7 Å². The van der Waals surface area contributed by atoms with E-state index in [0.717, 1.165) is 36.8 Å². The summed E-state index contributed by atoms with van der Waals surface area (Å²) < 4.78 is 0. The molecule has 1 unspecified atom stereocenters. The lowest BCUT2D eigenvalue weighted by Gasteiger charge is -2.25. The van der Waals surface area contributed by atoms with E-state index in [9.17, 15) is 0 Å². The summed E-state index contributed by atoms with van der Waals surface area (Å²) >= 11 is 1.70. The van der Waals surface area contributed by atoms with Gasteiger partial charge < -0.3 is 11.1 Å². The third-order valence-corrected chi connectivity index (χ3v) is 3.46. The first kappa shape index (κ1) is 14.6. The summed E-state index contributed by atoms with van der Waals surface area (Å²) in [5.74, 6) is 0.551. The average molecular weight is 255 g/mol. The van der Waals surface area contributed by atoms with Crippen LogP contribution in [0.2, 0.25) is 0 Å². The maximum absolute atomic E-state index is 5.81. The molecule has 3 nitrogen and oxygen atoms in total. The minimum Gasteiger partial charge on any atom is -0.330 e. The van der Waals surface area contributed by atoms with Gasteiger partial charge in [0.2, 0.25) is 0 Å². The lowest BCUT2D eigenvalue weighted by molar-refractivity contribution is 0.289. The molecule has 17 heavy (non-hydrogen) atoms. The molecular formula is C13H25N3S. The van der Waals surface area contributed by atoms with Gasteiger partial charge in [-0.2, -0.15) is 0 Å². The van der Waals surface area contributed by atoms with E-state index < -0.39 is 0 Å². The molecule has 98 valence electrons. The number of hydrogen-bond donors (Lipinski definition) is 2. The summed E-state index contributed by atoms with van der Waals surface area (Å²) in [5.41, 5.74) is 7.30. The molecule has 1 aromatic heterocycles. The number of nitrogens with two attached hydrogens (primary N) is 1. The highest BCUT2D eigenvalue weighted by molar-refractivity contribution is 7.09. The van der Waals surface area contributed by atoms with Crippen LogP contribution in [-0.4, -0.2) is 18.1 Å². The number of aromatic nitrogens is 1. The first-order valence-corrected chi connectivity index (χ1v) is 7.10. The van der Waals surface area contributed by atoms with Crippen LogP contribution in [0, 0.1) is 18.3 Å². The highest BCUT2D eigenvalue weighted by Crippen LogP contribution is 2.23. The zero-order valence-electron chi connectivity index (χ0n) is 11.4. The van der Waals surface area contributed by atoms with Gasteiger partial charge in [-0.3, -0.25) is 0 Å². The SMILES string of the molecule is Cc1nc(CNCC(CN)CC(C)(C)C)cs1. The van der Waals surface area contributed by atoms with Crippen molar-refractivity contribution in [1.29, 1.82) is 0 Å². The van der Waals surface area contributed by atoms with Crippen LogP contribution in [0.15, 0.2) is 5.38 Å². The van der Waals surface area contributed by atoms with E-state index in [1.54, 1.807) is 11.3 Å². The van der Waals surface area contributed by atoms with Crippen LogP contribution < -0.4 is 11.1 Å². The molecule has 0 amide bonds. The van der Waals surface area contributed by atoms with E-state index in [2.05, 4.69) is 36.5 Å². The molecule has 0 aliphatic carbocycles. The van der Waals surface area contributed by atoms with Crippen LogP contribution in [0.3, 0.4) is 0 Å². The van der Waals surface area contributed by atoms with E-state index in [1.165, 1.54) is 0 Å². The Bertz CT molecular complexity index is 328. The molecule has 0 spiro atoms. The zero-order chi connectivity index (χ0) is 12.9. The summed E-state index contributed by atoms with van der Waals surface area (Å²) in [7, 11) is 0. The van der Waals surface area contributed by atoms with Gasteiger partial charge in [-0.25, -0.2) is 4.98 Å². The molecule has 0 radical (unpaired) electrons. The highest BCUT2D eigenvalue weighted by atomic mass is 32.1. The third-order valence-electron chi connectivity index (χ3n) is 2.64. The Labute approximate surface area is 109 Å². The Morgan fingerprint density at radius 2 is 2.18 bits per heavy atom. The van der Waals surface area contributed by atoms with E-state index >= 15 is 0 Å². The number of aryl methyl sites for hydroxylation is 1. The number of thiazole rings is 1. The Balaban J connectivity index is 2.28. The molecule has 0 saturated carbocycles. The lowest BCUT2D eigenvalue weighted by atomic mass is 9.84. The largest absolute Gasteiger partial charge is 0.330 e. The predicted octanol–water partition coefficient (Wildman–Crippen LogP) is 2.55. The summed E-state index contributed by atoms with van der Waals surface area (Å²) in [6.45, 7) is 11.4. The van der Waals surface area contributed by atoms with Crippen molar-refractivity contribution in [3.05, 3.63) is 16.1 Å². The molecule has 0 aromatic carbocycles. The first-order chi connectivity index (χ1) is 7.90. The van der Waals surface area contributed by atoms with Gasteiger partial charge in [-0.15, -0.1) is 11.3 Å². The molecular weight excluding hydrogens is 230 g/mol. The summed E-state index contributed by atoms with van der Waals surface area (Å²) in [6.07, 6.45) is 1.16. The molecule has 1 heterocycles. The van der Waals surface area contributed by atoms with Crippen molar-refractivity contribution >= 4 is 11.3 Å². The maximum Gasteiger partial charge on any atom is 0.0897 e. The van der Waals surface area contributed by atoms with Crippen LogP contribution in [0.5, 0.6) is 0 Å². The fourth-order valence-corrected chi connectivity index (χ4v) is 2.61. The summed E-state index contributed by atoms with van der Waals surface area (Å²) in [4.78, 5) is 4.43. The zero-order valence-corrected chi connectivity index (χ0v) is 12.2. The average Bonchev–Trinajstić information content (AvgIpc) is 2.61. The molecule has 0 aliphatic heterocycles. The quantitative estimate of drug-likeness (QED) is 0.821. The molecule has 1 rings (SSSR count). The van der Waals surface area contributed by atoms with Crippen molar-refractivity contribution in [2.75, 3.05) is 13.1 Å². The first-order valence-electron chi connectivity index (χ1n) is 6.22. The Morgan fingerprint density at radius 3 is 2.65 bits per heavy atom. The van der Waals surface area contributed by atoms with E-state index in [4.69, 9.17) is 5.73 Å². The Hall–Kier alpha value is -0.450. The summed E-state index contributed by atoms with van der Waals surface area (Å²) in [6, 6.07) is 0. The molecule has 0 saturated heterocycles. The second-order valence-corrected chi connectivity index (χ2v) is 6.92. The van der Waals surface area contributed by atoms with Crippen LogP contribution in [0.25, 0.3) is 0 Å². The number of nitrogens with one attached hydrogen (secondary N) is 1. The third kappa shape index (κ3) is 6.15. The van der Waals surface area contributed by atoms with Gasteiger partial charge in [0.25, 0.3) is 0 Å². The number of nitrogens with zero attached hydrogens (tertiary/aromatic N) is 1. The van der Waals surface area contributed by atoms with Crippen molar-refractivity contribution in [2.24, 2.45) is 17.1 Å². The topological polar surface area (TPSA) is 50.9 Å². The molecule has 4 heteroatoms. The predicted molar refractivity (Wildman–Crippen MR) is 75.2 cm³/mol. The fourth-order valence-electron chi connectivity index (χ4n) is 2.00. The van der Waals surface area contributed by atoms with Gasteiger partial charge in [0, 0.05) is 11.9 Å². The normalized spacial score (nSPS) is 13.9. The molecule has 0 fully saturated rings. The fraction of sp³-hybridized carbons (Fsp3) is 0.769. The van der Waals surface area contributed by atoms with Gasteiger partial charge in [-0.05, 0) is 37.8 Å². The molecule has 3 N–H and O–H groups in total. The van der Waals surface area contributed by atoms with Crippen molar-refractivity contribution in [3.63, 3.8) is 0 Å². The van der Waals surface area contributed by atoms with Gasteiger partial charge in [0.1, 0.15) is 0 Å². The number of rotatable bonds is 6. The van der Waals surface area contributed by atoms with Gasteiger partial charge in [-0.1, -0.05) is 20.8 Å². The van der Waals surface area contributed by atoms with Crippen molar-refractivity contribution in [3.8, 4) is 0 Å². The number of hydrogen-bond acceptors (Lipinski definition) is 4. The van der Waals surface area contributed by atoms with Gasteiger partial charge >= 0.3 is 0 Å². The summed E-state index contributed by atoms with van der Waals surface area (Å²) in [5, 5.41) is 6.70. The monoisotopic (exact) mass is 255 g/mol. The standard InChI is InChI=1S/C13H25N3S/c1-10-16-12(9-17-10)8-15-7-11(6-14)5-13(2,3)4/h9,11,15H,5-8,14H2,1-4H3. The molecule has 0 aliphatic rings. The van der Waals surface area contributed by atoms with Crippen molar-refractivity contribution < 1.29 is 0 Å². The smallest absolute Gasteiger partial charge is 0.0897 e. The van der Waals surface area contributed by atoms with Crippen molar-refractivity contribution in [1.82, 2.24) is 10.3 Å². The van der Waals surface area contributed by atoms with Crippen LogP contribution in [0.1, 0.15) is 37.9 Å². The van der Waals surface area contributed by atoms with Crippen LogP contribution in [0.4, 0.5) is 0 Å². The van der Waals surface area contributed by atoms with E-state index in [0.29, 0.717) is 11.3 Å². The minimum absolute atomic E-state index is 0.350.